The Balaban J connectivity index is 0.00000171. The van der Waals surface area contributed by atoms with Crippen molar-refractivity contribution in [1.82, 2.24) is 5.32 Å². The molecule has 7 heteroatoms. The second kappa shape index (κ2) is 11.8. The van der Waals surface area contributed by atoms with Gasteiger partial charge in [-0.05, 0) is 25.0 Å². The SMILES string of the molecule is COc1cc(N2CCOCC2)ccc1CNC1(c2ccccc2OC)CCCC1.Cl.Cl. The van der Waals surface area contributed by atoms with Crippen molar-refractivity contribution < 1.29 is 14.2 Å². The van der Waals surface area contributed by atoms with Crippen molar-refractivity contribution in [2.24, 2.45) is 0 Å². The second-order valence-electron chi connectivity index (χ2n) is 7.94. The van der Waals surface area contributed by atoms with Crippen LogP contribution in [0.5, 0.6) is 11.5 Å². The summed E-state index contributed by atoms with van der Waals surface area (Å²) in [4.78, 5) is 2.36. The van der Waals surface area contributed by atoms with Gasteiger partial charge in [-0.25, -0.2) is 0 Å². The van der Waals surface area contributed by atoms with E-state index < -0.39 is 0 Å². The minimum atomic E-state index is -0.0412. The first-order valence-corrected chi connectivity index (χ1v) is 10.6. The number of hydrogen-bond donors (Lipinski definition) is 1. The molecule has 31 heavy (non-hydrogen) atoms. The number of hydrogen-bond acceptors (Lipinski definition) is 5. The van der Waals surface area contributed by atoms with Gasteiger partial charge in [-0.2, -0.15) is 0 Å². The van der Waals surface area contributed by atoms with Crippen molar-refractivity contribution >= 4 is 30.5 Å². The predicted octanol–water partition coefficient (Wildman–Crippen LogP) is 4.94. The van der Waals surface area contributed by atoms with Crippen molar-refractivity contribution in [3.05, 3.63) is 53.6 Å². The number of nitrogens with zero attached hydrogens (tertiary/aromatic N) is 1. The Morgan fingerprint density at radius 2 is 1.61 bits per heavy atom. The highest BCUT2D eigenvalue weighted by atomic mass is 35.5. The third-order valence-electron chi connectivity index (χ3n) is 6.34. The maximum absolute atomic E-state index is 5.75. The molecule has 0 atom stereocenters. The summed E-state index contributed by atoms with van der Waals surface area (Å²) in [6.07, 6.45) is 4.72. The first-order chi connectivity index (χ1) is 14.3. The molecule has 172 valence electrons. The number of methoxy groups -OCH3 is 2. The molecule has 1 heterocycles. The van der Waals surface area contributed by atoms with E-state index in [-0.39, 0.29) is 30.4 Å². The molecule has 1 aliphatic heterocycles. The Kier molecular flexibility index (Phi) is 9.76. The molecular formula is C24H34Cl2N2O3. The number of nitrogens with one attached hydrogen (secondary N) is 1. The first kappa shape index (κ1) is 25.6. The average Bonchev–Trinajstić information content (AvgIpc) is 3.28. The van der Waals surface area contributed by atoms with Gasteiger partial charge in [0.15, 0.2) is 0 Å². The summed E-state index contributed by atoms with van der Waals surface area (Å²) in [5, 5.41) is 3.88. The highest BCUT2D eigenvalue weighted by Gasteiger charge is 2.37. The van der Waals surface area contributed by atoms with E-state index >= 15 is 0 Å². The van der Waals surface area contributed by atoms with E-state index in [1.165, 1.54) is 29.7 Å². The number of halogens is 2. The van der Waals surface area contributed by atoms with Crippen molar-refractivity contribution in [3.8, 4) is 11.5 Å². The van der Waals surface area contributed by atoms with Gasteiger partial charge in [0.2, 0.25) is 0 Å². The molecule has 4 rings (SSSR count). The summed E-state index contributed by atoms with van der Waals surface area (Å²) in [5.41, 5.74) is 3.62. The molecule has 0 radical (unpaired) electrons. The Morgan fingerprint density at radius 1 is 0.935 bits per heavy atom. The molecule has 1 saturated carbocycles. The molecule has 2 aliphatic rings. The van der Waals surface area contributed by atoms with Crippen molar-refractivity contribution in [1.29, 1.82) is 0 Å². The monoisotopic (exact) mass is 468 g/mol. The van der Waals surface area contributed by atoms with Crippen molar-refractivity contribution in [2.75, 3.05) is 45.4 Å². The van der Waals surface area contributed by atoms with Crippen LogP contribution in [0.2, 0.25) is 0 Å². The lowest BCUT2D eigenvalue weighted by atomic mass is 9.87. The van der Waals surface area contributed by atoms with Crippen LogP contribution in [-0.2, 0) is 16.8 Å². The van der Waals surface area contributed by atoms with Gasteiger partial charge in [0.05, 0.1) is 27.4 Å². The molecule has 0 spiro atoms. The minimum absolute atomic E-state index is 0. The first-order valence-electron chi connectivity index (χ1n) is 10.6. The molecule has 1 saturated heterocycles. The number of rotatable bonds is 7. The van der Waals surface area contributed by atoms with E-state index in [0.717, 1.165) is 57.2 Å². The summed E-state index contributed by atoms with van der Waals surface area (Å²) in [5.74, 6) is 1.91. The van der Waals surface area contributed by atoms with Gasteiger partial charge in [-0.3, -0.25) is 0 Å². The highest BCUT2D eigenvalue weighted by molar-refractivity contribution is 5.85. The van der Waals surface area contributed by atoms with Crippen LogP contribution in [0.25, 0.3) is 0 Å². The average molecular weight is 469 g/mol. The van der Waals surface area contributed by atoms with Gasteiger partial charge >= 0.3 is 0 Å². The molecule has 5 nitrogen and oxygen atoms in total. The van der Waals surface area contributed by atoms with Crippen molar-refractivity contribution in [3.63, 3.8) is 0 Å². The topological polar surface area (TPSA) is 43.0 Å². The minimum Gasteiger partial charge on any atom is -0.496 e. The number of ether oxygens (including phenoxy) is 3. The fourth-order valence-electron chi connectivity index (χ4n) is 4.72. The molecule has 0 aromatic heterocycles. The predicted molar refractivity (Wildman–Crippen MR) is 131 cm³/mol. The van der Waals surface area contributed by atoms with Gasteiger partial charge in [0.25, 0.3) is 0 Å². The Bertz CT molecular complexity index is 822. The number of benzene rings is 2. The molecule has 0 unspecified atom stereocenters. The van der Waals surface area contributed by atoms with Crippen LogP contribution in [0.3, 0.4) is 0 Å². The highest BCUT2D eigenvalue weighted by Crippen LogP contribution is 2.43. The van der Waals surface area contributed by atoms with E-state index in [2.05, 4.69) is 46.6 Å². The van der Waals surface area contributed by atoms with Gasteiger partial charge in [0.1, 0.15) is 11.5 Å². The molecule has 2 aromatic carbocycles. The van der Waals surface area contributed by atoms with E-state index in [4.69, 9.17) is 14.2 Å². The normalized spacial score (nSPS) is 17.4. The zero-order valence-electron chi connectivity index (χ0n) is 18.4. The van der Waals surface area contributed by atoms with Gasteiger partial charge in [-0.15, -0.1) is 24.8 Å². The molecule has 0 bridgehead atoms. The second-order valence-corrected chi connectivity index (χ2v) is 7.94. The number of anilines is 1. The third kappa shape index (κ3) is 5.58. The number of morpholine rings is 1. The van der Waals surface area contributed by atoms with Crippen LogP contribution < -0.4 is 19.7 Å². The van der Waals surface area contributed by atoms with Crippen LogP contribution in [-0.4, -0.2) is 40.5 Å². The maximum atomic E-state index is 5.75. The van der Waals surface area contributed by atoms with E-state index in [9.17, 15) is 0 Å². The summed E-state index contributed by atoms with van der Waals surface area (Å²) in [6.45, 7) is 4.19. The number of para-hydroxylation sites is 1. The Hall–Kier alpha value is -1.66. The molecule has 1 aliphatic carbocycles. The van der Waals surface area contributed by atoms with Gasteiger partial charge in [-0.1, -0.05) is 37.1 Å². The molecule has 2 aromatic rings. The lowest BCUT2D eigenvalue weighted by Crippen LogP contribution is -2.39. The smallest absolute Gasteiger partial charge is 0.125 e. The lowest BCUT2D eigenvalue weighted by Gasteiger charge is -2.33. The zero-order chi connectivity index (χ0) is 20.1. The van der Waals surface area contributed by atoms with Crippen LogP contribution >= 0.6 is 24.8 Å². The molecule has 2 fully saturated rings. The summed E-state index contributed by atoms with van der Waals surface area (Å²) >= 11 is 0. The molecule has 0 amide bonds. The van der Waals surface area contributed by atoms with Gasteiger partial charge in [0, 0.05) is 48.1 Å². The summed E-state index contributed by atoms with van der Waals surface area (Å²) < 4.78 is 16.9. The fourth-order valence-corrected chi connectivity index (χ4v) is 4.72. The zero-order valence-corrected chi connectivity index (χ0v) is 20.0. The quantitative estimate of drug-likeness (QED) is 0.622. The lowest BCUT2D eigenvalue weighted by molar-refractivity contribution is 0.122. The maximum Gasteiger partial charge on any atom is 0.125 e. The van der Waals surface area contributed by atoms with Gasteiger partial charge < -0.3 is 24.4 Å². The van der Waals surface area contributed by atoms with Crippen molar-refractivity contribution in [2.45, 2.75) is 37.8 Å². The van der Waals surface area contributed by atoms with E-state index in [0.29, 0.717) is 0 Å². The van der Waals surface area contributed by atoms with Crippen LogP contribution in [0.4, 0.5) is 5.69 Å². The van der Waals surface area contributed by atoms with Crippen LogP contribution in [0.15, 0.2) is 42.5 Å². The summed E-state index contributed by atoms with van der Waals surface area (Å²) in [6, 6.07) is 15.0. The Morgan fingerprint density at radius 3 is 2.29 bits per heavy atom. The summed E-state index contributed by atoms with van der Waals surface area (Å²) in [7, 11) is 3.52. The van der Waals surface area contributed by atoms with Crippen LogP contribution in [0, 0.1) is 0 Å². The van der Waals surface area contributed by atoms with E-state index in [1.54, 1.807) is 14.2 Å². The largest absolute Gasteiger partial charge is 0.496 e. The molecular weight excluding hydrogens is 435 g/mol. The standard InChI is InChI=1S/C24H32N2O3.2ClH/c1-27-22-8-4-3-7-21(22)24(11-5-6-12-24)25-18-19-9-10-20(17-23(19)28-2)26-13-15-29-16-14-26;;/h3-4,7-10,17,25H,5-6,11-16,18H2,1-2H3;2*1H. The Labute approximate surface area is 198 Å². The third-order valence-corrected chi connectivity index (χ3v) is 6.34. The van der Waals surface area contributed by atoms with Crippen LogP contribution in [0.1, 0.15) is 36.8 Å². The van der Waals surface area contributed by atoms with E-state index in [1.807, 2.05) is 6.07 Å². The molecule has 1 N–H and O–H groups in total. The fraction of sp³-hybridized carbons (Fsp3) is 0.500.